The zero-order chi connectivity index (χ0) is 14.2. The van der Waals surface area contributed by atoms with Crippen molar-refractivity contribution in [1.29, 1.82) is 0 Å². The number of amides is 1. The first-order valence-electron chi connectivity index (χ1n) is 6.32. The number of aromatic nitrogens is 2. The van der Waals surface area contributed by atoms with Crippen molar-refractivity contribution in [3.8, 4) is 0 Å². The molecule has 0 aromatic carbocycles. The Morgan fingerprint density at radius 1 is 1.37 bits per heavy atom. The molecule has 0 fully saturated rings. The van der Waals surface area contributed by atoms with Gasteiger partial charge < -0.3 is 4.57 Å². The lowest BCUT2D eigenvalue weighted by atomic mass is 10.2. The van der Waals surface area contributed by atoms with Gasteiger partial charge in [0.2, 0.25) is 0 Å². The first-order valence-corrected chi connectivity index (χ1v) is 7.14. The fraction of sp³-hybridized carbons (Fsp3) is 0.429. The second-order valence-electron chi connectivity index (χ2n) is 4.98. The van der Waals surface area contributed by atoms with E-state index in [2.05, 4.69) is 28.7 Å². The molecule has 0 bridgehead atoms. The van der Waals surface area contributed by atoms with E-state index in [1.54, 1.807) is 6.20 Å². The maximum atomic E-state index is 12.3. The van der Waals surface area contributed by atoms with Gasteiger partial charge in [0.05, 0.1) is 5.56 Å². The van der Waals surface area contributed by atoms with Crippen LogP contribution in [0, 0.1) is 20.8 Å². The first kappa shape index (κ1) is 13.8. The van der Waals surface area contributed by atoms with E-state index in [0.717, 1.165) is 21.8 Å². The van der Waals surface area contributed by atoms with Crippen molar-refractivity contribution in [3.05, 3.63) is 34.1 Å². The Bertz CT molecular complexity index is 610. The first-order chi connectivity index (χ1) is 8.90. The van der Waals surface area contributed by atoms with Crippen LogP contribution >= 0.6 is 11.3 Å². The molecule has 0 saturated carbocycles. The lowest BCUT2D eigenvalue weighted by Crippen LogP contribution is -2.13. The second-order valence-corrected chi connectivity index (χ2v) is 6.21. The molecule has 19 heavy (non-hydrogen) atoms. The molecule has 2 heterocycles. The molecule has 1 N–H and O–H groups in total. The van der Waals surface area contributed by atoms with Gasteiger partial charge in [-0.25, -0.2) is 4.98 Å². The number of carbonyl (C=O) groups excluding carboxylic acids is 1. The zero-order valence-electron chi connectivity index (χ0n) is 11.9. The summed E-state index contributed by atoms with van der Waals surface area (Å²) in [5, 5.41) is 3.50. The van der Waals surface area contributed by atoms with E-state index in [-0.39, 0.29) is 5.91 Å². The van der Waals surface area contributed by atoms with Gasteiger partial charge in [0.15, 0.2) is 5.13 Å². The van der Waals surface area contributed by atoms with E-state index in [9.17, 15) is 4.79 Å². The van der Waals surface area contributed by atoms with Crippen LogP contribution in [0.3, 0.4) is 0 Å². The van der Waals surface area contributed by atoms with Gasteiger partial charge in [-0.15, -0.1) is 11.3 Å². The number of hydrogen-bond donors (Lipinski definition) is 1. The second kappa shape index (κ2) is 5.17. The highest BCUT2D eigenvalue weighted by Gasteiger charge is 2.17. The van der Waals surface area contributed by atoms with Crippen molar-refractivity contribution in [2.24, 2.45) is 0 Å². The molecule has 0 radical (unpaired) electrons. The number of hydrogen-bond acceptors (Lipinski definition) is 3. The van der Waals surface area contributed by atoms with Gasteiger partial charge in [0.1, 0.15) is 0 Å². The van der Waals surface area contributed by atoms with Crippen LogP contribution in [0.15, 0.2) is 12.3 Å². The number of thiazole rings is 1. The average Bonchev–Trinajstić information content (AvgIpc) is 2.82. The van der Waals surface area contributed by atoms with Gasteiger partial charge >= 0.3 is 0 Å². The molecule has 102 valence electrons. The van der Waals surface area contributed by atoms with E-state index < -0.39 is 0 Å². The quantitative estimate of drug-likeness (QED) is 0.929. The normalized spacial score (nSPS) is 11.1. The average molecular weight is 277 g/mol. The van der Waals surface area contributed by atoms with E-state index in [0.29, 0.717) is 11.2 Å². The minimum atomic E-state index is -0.0886. The van der Waals surface area contributed by atoms with Crippen LogP contribution in [-0.4, -0.2) is 15.5 Å². The molecular weight excluding hydrogens is 258 g/mol. The number of carbonyl (C=O) groups is 1. The van der Waals surface area contributed by atoms with Crippen molar-refractivity contribution in [1.82, 2.24) is 9.55 Å². The molecule has 2 aromatic heterocycles. The van der Waals surface area contributed by atoms with Gasteiger partial charge in [-0.3, -0.25) is 10.1 Å². The molecule has 0 aliphatic carbocycles. The molecule has 4 nitrogen and oxygen atoms in total. The van der Waals surface area contributed by atoms with Crippen molar-refractivity contribution < 1.29 is 4.79 Å². The topological polar surface area (TPSA) is 46.9 Å². The van der Waals surface area contributed by atoms with Gasteiger partial charge in [0.25, 0.3) is 5.91 Å². The third-order valence-corrected chi connectivity index (χ3v) is 3.92. The Balaban J connectivity index is 2.27. The van der Waals surface area contributed by atoms with Crippen molar-refractivity contribution in [2.75, 3.05) is 5.32 Å². The number of nitrogens with one attached hydrogen (secondary N) is 1. The lowest BCUT2D eigenvalue weighted by Gasteiger charge is -2.13. The summed E-state index contributed by atoms with van der Waals surface area (Å²) >= 11 is 1.48. The van der Waals surface area contributed by atoms with Crippen molar-refractivity contribution in [2.45, 2.75) is 40.7 Å². The molecule has 1 amide bonds. The summed E-state index contributed by atoms with van der Waals surface area (Å²) in [4.78, 5) is 17.5. The predicted octanol–water partition coefficient (Wildman–Crippen LogP) is 3.70. The van der Waals surface area contributed by atoms with Crippen LogP contribution in [0.2, 0.25) is 0 Å². The Kier molecular flexibility index (Phi) is 3.75. The van der Waals surface area contributed by atoms with Crippen LogP contribution < -0.4 is 5.32 Å². The smallest absolute Gasteiger partial charge is 0.259 e. The summed E-state index contributed by atoms with van der Waals surface area (Å²) < 4.78 is 2.17. The standard InChI is InChI=1S/C14H19N3OS/c1-8(2)17-9(3)6-12(11(17)5)13(18)16-14-15-7-10(4)19-14/h6-8H,1-5H3,(H,15,16,18). The lowest BCUT2D eigenvalue weighted by molar-refractivity contribution is 0.102. The van der Waals surface area contributed by atoms with Gasteiger partial charge in [0, 0.05) is 28.5 Å². The van der Waals surface area contributed by atoms with Gasteiger partial charge in [-0.2, -0.15) is 0 Å². The third-order valence-electron chi connectivity index (χ3n) is 3.09. The minimum absolute atomic E-state index is 0.0886. The highest BCUT2D eigenvalue weighted by molar-refractivity contribution is 7.15. The molecule has 0 unspecified atom stereocenters. The zero-order valence-corrected chi connectivity index (χ0v) is 12.8. The fourth-order valence-corrected chi connectivity index (χ4v) is 3.04. The molecule has 2 aromatic rings. The summed E-state index contributed by atoms with van der Waals surface area (Å²) in [7, 11) is 0. The van der Waals surface area contributed by atoms with Crippen LogP contribution in [0.4, 0.5) is 5.13 Å². The summed E-state index contributed by atoms with van der Waals surface area (Å²) in [5.41, 5.74) is 2.82. The maximum Gasteiger partial charge on any atom is 0.259 e. The summed E-state index contributed by atoms with van der Waals surface area (Å²) in [6.45, 7) is 10.2. The maximum absolute atomic E-state index is 12.3. The molecule has 5 heteroatoms. The van der Waals surface area contributed by atoms with Crippen LogP contribution in [0.5, 0.6) is 0 Å². The summed E-state index contributed by atoms with van der Waals surface area (Å²) in [6, 6.07) is 2.29. The number of nitrogens with zero attached hydrogens (tertiary/aromatic N) is 2. The number of aryl methyl sites for hydroxylation is 2. The largest absolute Gasteiger partial charge is 0.346 e. The molecule has 0 spiro atoms. The SMILES string of the molecule is Cc1cnc(NC(=O)c2cc(C)n(C(C)C)c2C)s1. The van der Waals surface area contributed by atoms with Gasteiger partial charge in [-0.05, 0) is 40.7 Å². The Morgan fingerprint density at radius 3 is 2.53 bits per heavy atom. The molecular formula is C14H19N3OS. The van der Waals surface area contributed by atoms with Crippen LogP contribution in [0.1, 0.15) is 46.5 Å². The molecule has 0 saturated heterocycles. The monoisotopic (exact) mass is 277 g/mol. The number of anilines is 1. The van der Waals surface area contributed by atoms with E-state index >= 15 is 0 Å². The number of rotatable bonds is 3. The van der Waals surface area contributed by atoms with Crippen LogP contribution in [0.25, 0.3) is 0 Å². The Hall–Kier alpha value is -1.62. The molecule has 0 aliphatic heterocycles. The van der Waals surface area contributed by atoms with E-state index in [1.165, 1.54) is 11.3 Å². The molecule has 0 atom stereocenters. The fourth-order valence-electron chi connectivity index (χ4n) is 2.38. The third kappa shape index (κ3) is 2.71. The summed E-state index contributed by atoms with van der Waals surface area (Å²) in [5.74, 6) is -0.0886. The molecule has 2 rings (SSSR count). The van der Waals surface area contributed by atoms with E-state index in [4.69, 9.17) is 0 Å². The van der Waals surface area contributed by atoms with Crippen molar-refractivity contribution in [3.63, 3.8) is 0 Å². The Morgan fingerprint density at radius 2 is 2.05 bits per heavy atom. The Labute approximate surface area is 117 Å². The molecule has 0 aliphatic rings. The van der Waals surface area contributed by atoms with Crippen molar-refractivity contribution >= 4 is 22.4 Å². The summed E-state index contributed by atoms with van der Waals surface area (Å²) in [6.07, 6.45) is 1.76. The minimum Gasteiger partial charge on any atom is -0.346 e. The highest BCUT2D eigenvalue weighted by atomic mass is 32.1. The van der Waals surface area contributed by atoms with E-state index in [1.807, 2.05) is 26.8 Å². The highest BCUT2D eigenvalue weighted by Crippen LogP contribution is 2.22. The predicted molar refractivity (Wildman–Crippen MR) is 79.1 cm³/mol. The van der Waals surface area contributed by atoms with Crippen LogP contribution in [-0.2, 0) is 0 Å². The van der Waals surface area contributed by atoms with Gasteiger partial charge in [-0.1, -0.05) is 0 Å².